The minimum Gasteiger partial charge on any atom is -0.457 e. The molecule has 6 heteroatoms. The molecular formula is C76H55N5O. The number of fused-ring (bicyclic) bond motifs is 13. The number of nitrogens with zero attached hydrogens (tertiary/aromatic N) is 5. The van der Waals surface area contributed by atoms with E-state index in [4.69, 9.17) is 9.72 Å². The molecule has 11 aromatic carbocycles. The van der Waals surface area contributed by atoms with Crippen LogP contribution in [-0.2, 0) is 5.41 Å². The van der Waals surface area contributed by atoms with Crippen LogP contribution in [0.1, 0.15) is 26.3 Å². The molecule has 2 aliphatic rings. The average molecular weight is 1050 g/mol. The molecule has 0 saturated carbocycles. The molecule has 3 aromatic heterocycles. The van der Waals surface area contributed by atoms with Crippen LogP contribution < -0.4 is 14.5 Å². The van der Waals surface area contributed by atoms with Crippen LogP contribution in [0.2, 0.25) is 0 Å². The molecule has 0 amide bonds. The van der Waals surface area contributed by atoms with E-state index < -0.39 is 0 Å². The van der Waals surface area contributed by atoms with Gasteiger partial charge in [-0.3, -0.25) is 4.57 Å². The fourth-order valence-corrected chi connectivity index (χ4v) is 13.1. The molecule has 16 rings (SSSR count). The van der Waals surface area contributed by atoms with Gasteiger partial charge in [0.05, 0.1) is 44.8 Å². The van der Waals surface area contributed by atoms with Gasteiger partial charge < -0.3 is 19.1 Å². The van der Waals surface area contributed by atoms with Gasteiger partial charge in [-0.15, -0.1) is 0 Å². The number of aromatic nitrogens is 3. The van der Waals surface area contributed by atoms with Crippen LogP contribution in [-0.4, -0.2) is 20.8 Å². The van der Waals surface area contributed by atoms with Gasteiger partial charge in [-0.1, -0.05) is 203 Å². The Kier molecular flexibility index (Phi) is 10.8. The zero-order valence-corrected chi connectivity index (χ0v) is 45.8. The van der Waals surface area contributed by atoms with E-state index >= 15 is 0 Å². The van der Waals surface area contributed by atoms with E-state index in [-0.39, 0.29) is 5.41 Å². The molecule has 0 aliphatic carbocycles. The Hall–Kier alpha value is -10.4. The maximum atomic E-state index is 7.11. The first-order valence-corrected chi connectivity index (χ1v) is 28.3. The van der Waals surface area contributed by atoms with Gasteiger partial charge in [0.1, 0.15) is 24.0 Å². The van der Waals surface area contributed by atoms with Crippen LogP contribution in [0.5, 0.6) is 11.5 Å². The summed E-state index contributed by atoms with van der Waals surface area (Å²) in [5.41, 5.74) is 23.1. The predicted molar refractivity (Wildman–Crippen MR) is 341 cm³/mol. The van der Waals surface area contributed by atoms with Gasteiger partial charge in [0.15, 0.2) is 0 Å². The third-order valence-electron chi connectivity index (χ3n) is 16.9. The highest BCUT2D eigenvalue weighted by atomic mass is 16.5. The highest BCUT2D eigenvalue weighted by molar-refractivity contribution is 6.23. The summed E-state index contributed by atoms with van der Waals surface area (Å²) in [6.45, 7) is 7.37. The number of hydrogen-bond donors (Lipinski definition) is 0. The van der Waals surface area contributed by atoms with E-state index in [1.165, 1.54) is 82.8 Å². The lowest BCUT2D eigenvalue weighted by atomic mass is 9.88. The maximum Gasteiger partial charge on any atom is 0.137 e. The smallest absolute Gasteiger partial charge is 0.137 e. The summed E-state index contributed by atoms with van der Waals surface area (Å²) in [6, 6.07) is 94.6. The molecule has 6 nitrogen and oxygen atoms in total. The zero-order chi connectivity index (χ0) is 54.6. The third-order valence-corrected chi connectivity index (χ3v) is 16.9. The molecule has 2 aliphatic heterocycles. The van der Waals surface area contributed by atoms with Crippen LogP contribution >= 0.6 is 0 Å². The van der Waals surface area contributed by atoms with Crippen LogP contribution in [0, 0.1) is 0 Å². The molecule has 82 heavy (non-hydrogen) atoms. The summed E-state index contributed by atoms with van der Waals surface area (Å²) in [6.07, 6.45) is 1.96. The van der Waals surface area contributed by atoms with Crippen molar-refractivity contribution in [3.05, 3.63) is 273 Å². The Balaban J connectivity index is 0.855. The monoisotopic (exact) mass is 1050 g/mol. The van der Waals surface area contributed by atoms with Gasteiger partial charge in [0.2, 0.25) is 0 Å². The minimum absolute atomic E-state index is 0.0923. The summed E-state index contributed by atoms with van der Waals surface area (Å²) in [4.78, 5) is 10.1. The van der Waals surface area contributed by atoms with Gasteiger partial charge in [-0.2, -0.15) is 0 Å². The normalized spacial score (nSPS) is 12.7. The predicted octanol–water partition coefficient (Wildman–Crippen LogP) is 20.3. The second kappa shape index (κ2) is 18.6. The summed E-state index contributed by atoms with van der Waals surface area (Å²) in [5.74, 6) is 2.34. The maximum absolute atomic E-state index is 7.11. The van der Waals surface area contributed by atoms with E-state index in [0.717, 1.165) is 67.7 Å². The fraction of sp³-hybridized carbons (Fsp3) is 0.0658. The fourth-order valence-electron chi connectivity index (χ4n) is 13.1. The molecule has 0 atom stereocenters. The first kappa shape index (κ1) is 47.6. The molecule has 0 radical (unpaired) electrons. The van der Waals surface area contributed by atoms with Crippen molar-refractivity contribution in [2.24, 2.45) is 0 Å². The number of benzene rings is 11. The lowest BCUT2D eigenvalue weighted by Crippen LogP contribution is -2.25. The number of para-hydroxylation sites is 3. The first-order valence-electron chi connectivity index (χ1n) is 28.3. The van der Waals surface area contributed by atoms with Crippen molar-refractivity contribution in [2.45, 2.75) is 26.2 Å². The van der Waals surface area contributed by atoms with Gasteiger partial charge in [0.25, 0.3) is 0 Å². The van der Waals surface area contributed by atoms with E-state index in [1.54, 1.807) is 0 Å². The SMILES string of the molecule is CC(C)(C)c1ccnc(-n2c3cc(Oc4cccc(N5CN(c6c(-c7ccccc7)cccc6-c6ccccc6)c6cc(-c7ccccc7)ccc65)c4)ccc3c3c4c(ccc32)-n2c3ccccc3c3cccc(c32)-c2ccccc2-4)c1. The quantitative estimate of drug-likeness (QED) is 0.152. The minimum atomic E-state index is -0.0923. The van der Waals surface area contributed by atoms with Gasteiger partial charge in [-0.25, -0.2) is 4.98 Å². The summed E-state index contributed by atoms with van der Waals surface area (Å²) >= 11 is 0. The second-order valence-corrected chi connectivity index (χ2v) is 22.7. The number of pyridine rings is 1. The molecule has 0 spiro atoms. The van der Waals surface area contributed by atoms with Crippen molar-refractivity contribution >= 4 is 66.4 Å². The molecule has 0 bridgehead atoms. The largest absolute Gasteiger partial charge is 0.457 e. The number of anilines is 4. The number of hydrogen-bond acceptors (Lipinski definition) is 4. The van der Waals surface area contributed by atoms with Crippen LogP contribution in [0.15, 0.2) is 267 Å². The lowest BCUT2D eigenvalue weighted by molar-refractivity contribution is 0.483. The Morgan fingerprint density at radius 3 is 1.79 bits per heavy atom. The van der Waals surface area contributed by atoms with Crippen molar-refractivity contribution in [1.82, 2.24) is 14.1 Å². The topological polar surface area (TPSA) is 38.5 Å². The highest BCUT2D eigenvalue weighted by Crippen LogP contribution is 2.54. The second-order valence-electron chi connectivity index (χ2n) is 22.7. The van der Waals surface area contributed by atoms with Gasteiger partial charge in [-0.05, 0) is 111 Å². The Morgan fingerprint density at radius 1 is 0.390 bits per heavy atom. The highest BCUT2D eigenvalue weighted by Gasteiger charge is 2.33. The molecule has 0 unspecified atom stereocenters. The van der Waals surface area contributed by atoms with Crippen LogP contribution in [0.25, 0.3) is 111 Å². The van der Waals surface area contributed by atoms with E-state index in [1.807, 2.05) is 6.20 Å². The third kappa shape index (κ3) is 7.52. The van der Waals surface area contributed by atoms with Crippen molar-refractivity contribution in [1.29, 1.82) is 0 Å². The lowest BCUT2D eigenvalue weighted by Gasteiger charge is -2.27. The molecule has 390 valence electrons. The van der Waals surface area contributed by atoms with E-state index in [9.17, 15) is 0 Å². The van der Waals surface area contributed by atoms with E-state index in [2.05, 4.69) is 301 Å². The Labute approximate surface area is 476 Å². The van der Waals surface area contributed by atoms with E-state index in [0.29, 0.717) is 6.67 Å². The van der Waals surface area contributed by atoms with Gasteiger partial charge in [0, 0.05) is 67.8 Å². The molecule has 0 N–H and O–H groups in total. The molecule has 0 fully saturated rings. The first-order chi connectivity index (χ1) is 40.3. The van der Waals surface area contributed by atoms with Crippen molar-refractivity contribution in [3.63, 3.8) is 0 Å². The molecular weight excluding hydrogens is 999 g/mol. The van der Waals surface area contributed by atoms with Gasteiger partial charge >= 0.3 is 0 Å². The van der Waals surface area contributed by atoms with Crippen molar-refractivity contribution < 1.29 is 4.74 Å². The summed E-state index contributed by atoms with van der Waals surface area (Å²) in [5, 5.41) is 4.79. The number of ether oxygens (including phenoxy) is 1. The summed E-state index contributed by atoms with van der Waals surface area (Å²) < 4.78 is 12.0. The Bertz CT molecular complexity index is 4800. The molecule has 0 saturated heterocycles. The van der Waals surface area contributed by atoms with Crippen molar-refractivity contribution in [2.75, 3.05) is 16.5 Å². The molecule has 14 aromatic rings. The summed E-state index contributed by atoms with van der Waals surface area (Å²) in [7, 11) is 0. The average Bonchev–Trinajstić information content (AvgIpc) is 3.42. The molecule has 5 heterocycles. The van der Waals surface area contributed by atoms with Crippen molar-refractivity contribution in [3.8, 4) is 78.6 Å². The van der Waals surface area contributed by atoms with Crippen LogP contribution in [0.3, 0.4) is 0 Å². The standard InChI is InChI=1S/C76H55N5O/c1-76(2,3)53-42-43-77-71(45-53)80-67-40-41-68-72(61-30-14-13-28-59(61)62-33-19-34-63-60-29-15-16-35-65(60)81(68)75(62)63)73(67)64-38-37-56(47-69(64)80)82-55-27-17-26-54(46-55)78-48-79(70-44-52(36-39-66(70)78)49-20-7-4-8-21-49)74-57(50-22-9-5-10-23-50)31-18-32-58(74)51-24-11-6-12-25-51/h4-47H,48H2,1-3H3. The number of rotatable bonds is 8. The zero-order valence-electron chi connectivity index (χ0n) is 45.8. The Morgan fingerprint density at radius 2 is 1.02 bits per heavy atom. The van der Waals surface area contributed by atoms with Crippen LogP contribution in [0.4, 0.5) is 22.7 Å².